The Morgan fingerprint density at radius 3 is 2.40 bits per heavy atom. The van der Waals surface area contributed by atoms with Crippen LogP contribution in [0.1, 0.15) is 25.3 Å². The molecule has 0 unspecified atom stereocenters. The first-order valence-electron chi connectivity index (χ1n) is 5.17. The molecule has 1 nitrogen and oxygen atoms in total. The van der Waals surface area contributed by atoms with Gasteiger partial charge in [0.15, 0.2) is 0 Å². The average molecular weight is 198 g/mol. The standard InChI is InChI=1S/C14H14O/c1-10(11(2)15)13-8-7-12-5-3-4-6-14(12)9-13/h3-10H,1-2H3/t10-/m0/s1. The van der Waals surface area contributed by atoms with Crippen LogP contribution in [-0.4, -0.2) is 5.78 Å². The molecular weight excluding hydrogens is 184 g/mol. The molecule has 0 aliphatic heterocycles. The van der Waals surface area contributed by atoms with Gasteiger partial charge in [-0.3, -0.25) is 4.79 Å². The Morgan fingerprint density at radius 2 is 1.73 bits per heavy atom. The minimum Gasteiger partial charge on any atom is -0.299 e. The van der Waals surface area contributed by atoms with Gasteiger partial charge in [0.2, 0.25) is 0 Å². The molecule has 0 saturated carbocycles. The van der Waals surface area contributed by atoms with Crippen LogP contribution in [0, 0.1) is 0 Å². The fourth-order valence-corrected chi connectivity index (χ4v) is 1.71. The van der Waals surface area contributed by atoms with Crippen LogP contribution in [0.2, 0.25) is 0 Å². The highest BCUT2D eigenvalue weighted by Gasteiger charge is 2.10. The number of Topliss-reactive ketones (excluding diaryl/α,β-unsaturated/α-hetero) is 1. The van der Waals surface area contributed by atoms with E-state index in [9.17, 15) is 4.79 Å². The summed E-state index contributed by atoms with van der Waals surface area (Å²) in [6, 6.07) is 14.4. The van der Waals surface area contributed by atoms with Gasteiger partial charge in [-0.25, -0.2) is 0 Å². The van der Waals surface area contributed by atoms with Gasteiger partial charge >= 0.3 is 0 Å². The highest BCUT2D eigenvalue weighted by molar-refractivity contribution is 5.87. The molecule has 2 rings (SSSR count). The summed E-state index contributed by atoms with van der Waals surface area (Å²) in [6.07, 6.45) is 0. The van der Waals surface area contributed by atoms with Crippen molar-refractivity contribution < 1.29 is 4.79 Å². The number of hydrogen-bond donors (Lipinski definition) is 0. The Bertz CT molecular complexity index is 499. The average Bonchev–Trinajstić information content (AvgIpc) is 2.27. The van der Waals surface area contributed by atoms with Crippen molar-refractivity contribution in [1.82, 2.24) is 0 Å². The van der Waals surface area contributed by atoms with Crippen molar-refractivity contribution in [3.63, 3.8) is 0 Å². The molecule has 76 valence electrons. The van der Waals surface area contributed by atoms with E-state index in [2.05, 4.69) is 24.3 Å². The highest BCUT2D eigenvalue weighted by atomic mass is 16.1. The van der Waals surface area contributed by atoms with E-state index in [1.807, 2.05) is 25.1 Å². The second kappa shape index (κ2) is 3.85. The molecule has 2 aromatic rings. The number of fused-ring (bicyclic) bond motifs is 1. The first-order valence-corrected chi connectivity index (χ1v) is 5.17. The van der Waals surface area contributed by atoms with Gasteiger partial charge in [0.25, 0.3) is 0 Å². The monoisotopic (exact) mass is 198 g/mol. The van der Waals surface area contributed by atoms with Gasteiger partial charge < -0.3 is 0 Å². The molecule has 0 heterocycles. The smallest absolute Gasteiger partial charge is 0.136 e. The van der Waals surface area contributed by atoms with Gasteiger partial charge in [-0.15, -0.1) is 0 Å². The zero-order chi connectivity index (χ0) is 10.8. The lowest BCUT2D eigenvalue weighted by atomic mass is 9.95. The minimum atomic E-state index is -0.00499. The van der Waals surface area contributed by atoms with Crippen molar-refractivity contribution in [1.29, 1.82) is 0 Å². The van der Waals surface area contributed by atoms with E-state index in [0.29, 0.717) is 0 Å². The third kappa shape index (κ3) is 1.91. The SMILES string of the molecule is CC(=O)[C@H](C)c1ccc2ccccc2c1. The Labute approximate surface area is 89.7 Å². The maximum Gasteiger partial charge on any atom is 0.136 e. The Balaban J connectivity index is 2.51. The van der Waals surface area contributed by atoms with E-state index < -0.39 is 0 Å². The second-order valence-electron chi connectivity index (χ2n) is 3.94. The van der Waals surface area contributed by atoms with Crippen LogP contribution in [0.15, 0.2) is 42.5 Å². The lowest BCUT2D eigenvalue weighted by molar-refractivity contribution is -0.118. The molecule has 0 N–H and O–H groups in total. The summed E-state index contributed by atoms with van der Waals surface area (Å²) in [6.45, 7) is 3.59. The lowest BCUT2D eigenvalue weighted by Gasteiger charge is -2.08. The first-order chi connectivity index (χ1) is 7.18. The number of hydrogen-bond acceptors (Lipinski definition) is 1. The van der Waals surface area contributed by atoms with Crippen LogP contribution in [0.4, 0.5) is 0 Å². The van der Waals surface area contributed by atoms with Crippen LogP contribution in [0.25, 0.3) is 10.8 Å². The van der Waals surface area contributed by atoms with Crippen LogP contribution in [-0.2, 0) is 4.79 Å². The van der Waals surface area contributed by atoms with Gasteiger partial charge in [-0.1, -0.05) is 49.4 Å². The summed E-state index contributed by atoms with van der Waals surface area (Å²) in [7, 11) is 0. The third-order valence-corrected chi connectivity index (χ3v) is 2.88. The van der Waals surface area contributed by atoms with Gasteiger partial charge in [-0.2, -0.15) is 0 Å². The van der Waals surface area contributed by atoms with Crippen LogP contribution < -0.4 is 0 Å². The Hall–Kier alpha value is -1.63. The molecule has 0 aliphatic rings. The van der Waals surface area contributed by atoms with E-state index in [1.165, 1.54) is 10.8 Å². The van der Waals surface area contributed by atoms with E-state index in [4.69, 9.17) is 0 Å². The van der Waals surface area contributed by atoms with Crippen molar-refractivity contribution in [3.8, 4) is 0 Å². The summed E-state index contributed by atoms with van der Waals surface area (Å²) in [5.41, 5.74) is 1.10. The number of carbonyl (C=O) groups excluding carboxylic acids is 1. The maximum atomic E-state index is 11.3. The second-order valence-corrected chi connectivity index (χ2v) is 3.94. The number of rotatable bonds is 2. The quantitative estimate of drug-likeness (QED) is 0.721. The number of carbonyl (C=O) groups is 1. The Morgan fingerprint density at radius 1 is 1.07 bits per heavy atom. The van der Waals surface area contributed by atoms with Gasteiger partial charge in [-0.05, 0) is 23.3 Å². The molecule has 0 bridgehead atoms. The molecular formula is C14H14O. The fraction of sp³-hybridized carbons (Fsp3) is 0.214. The van der Waals surface area contributed by atoms with E-state index >= 15 is 0 Å². The molecule has 1 atom stereocenters. The minimum absolute atomic E-state index is 0.00499. The molecule has 15 heavy (non-hydrogen) atoms. The molecule has 0 radical (unpaired) electrons. The van der Waals surface area contributed by atoms with E-state index in [1.54, 1.807) is 6.92 Å². The molecule has 2 aromatic carbocycles. The summed E-state index contributed by atoms with van der Waals surface area (Å²) in [5, 5.41) is 2.42. The highest BCUT2D eigenvalue weighted by Crippen LogP contribution is 2.21. The van der Waals surface area contributed by atoms with Crippen molar-refractivity contribution in [2.75, 3.05) is 0 Å². The molecule has 0 aliphatic carbocycles. The molecule has 0 aromatic heterocycles. The summed E-state index contributed by atoms with van der Waals surface area (Å²) in [5.74, 6) is 0.208. The van der Waals surface area contributed by atoms with Crippen LogP contribution in [0.3, 0.4) is 0 Å². The number of benzene rings is 2. The van der Waals surface area contributed by atoms with E-state index in [0.717, 1.165) is 5.56 Å². The molecule has 1 heteroatoms. The van der Waals surface area contributed by atoms with Crippen molar-refractivity contribution in [2.45, 2.75) is 19.8 Å². The first kappa shape index (κ1) is 9.91. The molecule has 0 fully saturated rings. The topological polar surface area (TPSA) is 17.1 Å². The summed E-state index contributed by atoms with van der Waals surface area (Å²) < 4.78 is 0. The molecule has 0 saturated heterocycles. The van der Waals surface area contributed by atoms with Gasteiger partial charge in [0.1, 0.15) is 5.78 Å². The maximum absolute atomic E-state index is 11.3. The van der Waals surface area contributed by atoms with Crippen molar-refractivity contribution in [3.05, 3.63) is 48.0 Å². The van der Waals surface area contributed by atoms with Crippen LogP contribution in [0.5, 0.6) is 0 Å². The van der Waals surface area contributed by atoms with Crippen LogP contribution >= 0.6 is 0 Å². The zero-order valence-electron chi connectivity index (χ0n) is 9.03. The normalized spacial score (nSPS) is 12.7. The summed E-state index contributed by atoms with van der Waals surface area (Å²) >= 11 is 0. The zero-order valence-corrected chi connectivity index (χ0v) is 9.03. The fourth-order valence-electron chi connectivity index (χ4n) is 1.71. The Kier molecular flexibility index (Phi) is 2.55. The third-order valence-electron chi connectivity index (χ3n) is 2.88. The van der Waals surface area contributed by atoms with E-state index in [-0.39, 0.29) is 11.7 Å². The predicted octanol–water partition coefficient (Wildman–Crippen LogP) is 3.53. The summed E-state index contributed by atoms with van der Waals surface area (Å²) in [4.78, 5) is 11.3. The van der Waals surface area contributed by atoms with Crippen molar-refractivity contribution in [2.24, 2.45) is 0 Å². The number of ketones is 1. The molecule has 0 amide bonds. The lowest BCUT2D eigenvalue weighted by Crippen LogP contribution is -2.03. The van der Waals surface area contributed by atoms with Gasteiger partial charge in [0, 0.05) is 5.92 Å². The largest absolute Gasteiger partial charge is 0.299 e. The van der Waals surface area contributed by atoms with Crippen molar-refractivity contribution >= 4 is 16.6 Å². The van der Waals surface area contributed by atoms with Gasteiger partial charge in [0.05, 0.1) is 0 Å². The predicted molar refractivity (Wildman–Crippen MR) is 63.0 cm³/mol. The molecule has 0 spiro atoms.